The van der Waals surface area contributed by atoms with Gasteiger partial charge in [-0.25, -0.2) is 0 Å². The lowest BCUT2D eigenvalue weighted by atomic mass is 9.84. The van der Waals surface area contributed by atoms with Gasteiger partial charge in [-0.05, 0) is 28.9 Å². The molecule has 3 rings (SSSR count). The van der Waals surface area contributed by atoms with Crippen molar-refractivity contribution in [1.29, 1.82) is 0 Å². The molecule has 0 nitrogen and oxygen atoms in total. The highest BCUT2D eigenvalue weighted by molar-refractivity contribution is 8.00. The van der Waals surface area contributed by atoms with Gasteiger partial charge in [0.05, 0.1) is 4.75 Å². The van der Waals surface area contributed by atoms with Gasteiger partial charge in [0.1, 0.15) is 0 Å². The van der Waals surface area contributed by atoms with Crippen LogP contribution in [-0.2, 0) is 4.75 Å². The molecule has 0 bridgehead atoms. The van der Waals surface area contributed by atoms with Gasteiger partial charge in [-0.3, -0.25) is 0 Å². The molecule has 0 aliphatic carbocycles. The monoisotopic (exact) mass is 360 g/mol. The van der Waals surface area contributed by atoms with Crippen molar-refractivity contribution in [2.24, 2.45) is 0 Å². The highest BCUT2D eigenvalue weighted by Crippen LogP contribution is 2.48. The van der Waals surface area contributed by atoms with Crippen LogP contribution in [0.2, 0.25) is 0 Å². The molecule has 0 saturated carbocycles. The average Bonchev–Trinajstić information content (AvgIpc) is 2.75. The van der Waals surface area contributed by atoms with Gasteiger partial charge in [-0.15, -0.1) is 24.9 Å². The van der Waals surface area contributed by atoms with Gasteiger partial charge in [-0.1, -0.05) is 104 Å². The van der Waals surface area contributed by atoms with Crippen molar-refractivity contribution in [3.8, 4) is 0 Å². The zero-order chi connectivity index (χ0) is 18.7. The summed E-state index contributed by atoms with van der Waals surface area (Å²) in [6.45, 7) is 8.26. The maximum absolute atomic E-state index is 3.00. The average molecular weight is 361 g/mol. The molecule has 0 saturated heterocycles. The Morgan fingerprint density at radius 3 is 1.31 bits per heavy atom. The van der Waals surface area contributed by atoms with Crippen LogP contribution >= 0.6 is 11.8 Å². The second kappa shape index (κ2) is 10.7. The molecule has 134 valence electrons. The number of hydrogen-bond donors (Lipinski definition) is 0. The third-order valence-electron chi connectivity index (χ3n) is 4.36. The van der Waals surface area contributed by atoms with Crippen LogP contribution in [0.15, 0.2) is 104 Å². The van der Waals surface area contributed by atoms with E-state index >= 15 is 0 Å². The summed E-state index contributed by atoms with van der Waals surface area (Å²) < 4.78 is -0.154. The highest BCUT2D eigenvalue weighted by Gasteiger charge is 2.36. The van der Waals surface area contributed by atoms with Crippen molar-refractivity contribution in [2.45, 2.75) is 24.5 Å². The van der Waals surface area contributed by atoms with Crippen LogP contribution in [0.3, 0.4) is 0 Å². The number of thioether (sulfide) groups is 1. The zero-order valence-electron chi connectivity index (χ0n) is 15.6. The molecule has 0 spiro atoms. The van der Waals surface area contributed by atoms with E-state index in [1.54, 1.807) is 0 Å². The second-order valence-corrected chi connectivity index (χ2v) is 7.29. The molecule has 26 heavy (non-hydrogen) atoms. The standard InChI is InChI=1S/C23H24S.C2H4/c1-2-3-19-24-23(20-13-7-4-8-14-20,21-15-9-5-10-16-21)22-17-11-6-12-18-22;1-2/h4-18H,2-3,19H2,1H3;1-2H2. The molecule has 0 unspecified atom stereocenters. The predicted molar refractivity (Wildman–Crippen MR) is 118 cm³/mol. The molecular formula is C25H28S. The van der Waals surface area contributed by atoms with E-state index in [1.807, 2.05) is 0 Å². The van der Waals surface area contributed by atoms with Gasteiger partial charge < -0.3 is 0 Å². The normalized spacial score (nSPS) is 10.7. The summed E-state index contributed by atoms with van der Waals surface area (Å²) in [6, 6.07) is 32.8. The minimum atomic E-state index is -0.154. The van der Waals surface area contributed by atoms with E-state index in [0.717, 1.165) is 5.75 Å². The molecule has 0 atom stereocenters. The molecule has 3 aromatic carbocycles. The molecule has 3 aromatic rings. The van der Waals surface area contributed by atoms with Gasteiger partial charge in [0, 0.05) is 0 Å². The third kappa shape index (κ3) is 4.47. The van der Waals surface area contributed by atoms with Crippen LogP contribution in [0.25, 0.3) is 0 Å². The molecule has 0 amide bonds. The Kier molecular flexibility index (Phi) is 8.24. The van der Waals surface area contributed by atoms with Crippen molar-refractivity contribution in [3.63, 3.8) is 0 Å². The van der Waals surface area contributed by atoms with Crippen LogP contribution in [0.1, 0.15) is 36.5 Å². The molecule has 0 aliphatic heterocycles. The van der Waals surface area contributed by atoms with Crippen molar-refractivity contribution in [2.75, 3.05) is 5.75 Å². The lowest BCUT2D eigenvalue weighted by Crippen LogP contribution is -2.26. The Morgan fingerprint density at radius 2 is 1.00 bits per heavy atom. The summed E-state index contributed by atoms with van der Waals surface area (Å²) in [7, 11) is 0. The van der Waals surface area contributed by atoms with E-state index in [0.29, 0.717) is 0 Å². The van der Waals surface area contributed by atoms with Crippen molar-refractivity contribution < 1.29 is 0 Å². The van der Waals surface area contributed by atoms with Gasteiger partial charge in [-0.2, -0.15) is 0 Å². The van der Waals surface area contributed by atoms with Crippen LogP contribution in [0.4, 0.5) is 0 Å². The smallest absolute Gasteiger partial charge is 0.0906 e. The fourth-order valence-electron chi connectivity index (χ4n) is 3.14. The summed E-state index contributed by atoms with van der Waals surface area (Å²) in [6.07, 6.45) is 2.46. The Morgan fingerprint density at radius 1 is 0.654 bits per heavy atom. The summed E-state index contributed by atoms with van der Waals surface area (Å²) in [5.74, 6) is 1.15. The fraction of sp³-hybridized carbons (Fsp3) is 0.200. The van der Waals surface area contributed by atoms with E-state index in [1.165, 1.54) is 29.5 Å². The first-order chi connectivity index (χ1) is 12.9. The van der Waals surface area contributed by atoms with Crippen LogP contribution in [-0.4, -0.2) is 5.75 Å². The highest BCUT2D eigenvalue weighted by atomic mass is 32.2. The molecule has 0 aliphatic rings. The Labute approximate surface area is 163 Å². The van der Waals surface area contributed by atoms with Crippen molar-refractivity contribution in [1.82, 2.24) is 0 Å². The number of benzene rings is 3. The Bertz CT molecular complexity index is 638. The summed E-state index contributed by atoms with van der Waals surface area (Å²) in [5.41, 5.74) is 4.05. The van der Waals surface area contributed by atoms with E-state index < -0.39 is 0 Å². The van der Waals surface area contributed by atoms with Gasteiger partial charge in [0.25, 0.3) is 0 Å². The first-order valence-corrected chi connectivity index (χ1v) is 10.2. The second-order valence-electron chi connectivity index (χ2n) is 5.98. The molecule has 0 heterocycles. The molecule has 0 radical (unpaired) electrons. The summed E-state index contributed by atoms with van der Waals surface area (Å²) in [5, 5.41) is 0. The third-order valence-corrected chi connectivity index (χ3v) is 5.99. The Balaban J connectivity index is 0.00000117. The van der Waals surface area contributed by atoms with E-state index in [2.05, 4.69) is 123 Å². The van der Waals surface area contributed by atoms with E-state index in [9.17, 15) is 0 Å². The van der Waals surface area contributed by atoms with Gasteiger partial charge >= 0.3 is 0 Å². The van der Waals surface area contributed by atoms with Crippen molar-refractivity contribution in [3.05, 3.63) is 121 Å². The molecule has 0 fully saturated rings. The lowest BCUT2D eigenvalue weighted by Gasteiger charge is -2.35. The van der Waals surface area contributed by atoms with Crippen LogP contribution in [0.5, 0.6) is 0 Å². The number of hydrogen-bond acceptors (Lipinski definition) is 1. The van der Waals surface area contributed by atoms with E-state index in [-0.39, 0.29) is 4.75 Å². The van der Waals surface area contributed by atoms with E-state index in [4.69, 9.17) is 0 Å². The summed E-state index contributed by atoms with van der Waals surface area (Å²) >= 11 is 2.05. The molecule has 1 heteroatoms. The van der Waals surface area contributed by atoms with Crippen molar-refractivity contribution >= 4 is 11.8 Å². The quantitative estimate of drug-likeness (QED) is 0.242. The number of unbranched alkanes of at least 4 members (excludes halogenated alkanes) is 1. The zero-order valence-corrected chi connectivity index (χ0v) is 16.4. The maximum atomic E-state index is 3.00. The molecular weight excluding hydrogens is 332 g/mol. The van der Waals surface area contributed by atoms with Gasteiger partial charge in [0.2, 0.25) is 0 Å². The fourth-order valence-corrected chi connectivity index (χ4v) is 4.79. The number of rotatable bonds is 7. The lowest BCUT2D eigenvalue weighted by molar-refractivity contribution is 0.862. The van der Waals surface area contributed by atoms with Gasteiger partial charge in [0.15, 0.2) is 0 Å². The minimum Gasteiger partial charge on any atom is -0.141 e. The molecule has 0 N–H and O–H groups in total. The molecule has 0 aromatic heterocycles. The van der Waals surface area contributed by atoms with Crippen LogP contribution < -0.4 is 0 Å². The van der Waals surface area contributed by atoms with Crippen LogP contribution in [0, 0.1) is 0 Å². The SMILES string of the molecule is C=C.CCCCSC(c1ccccc1)(c1ccccc1)c1ccccc1. The largest absolute Gasteiger partial charge is 0.141 e. The predicted octanol–water partition coefficient (Wildman–Crippen LogP) is 7.31. The topological polar surface area (TPSA) is 0 Å². The summed E-state index contributed by atoms with van der Waals surface area (Å²) in [4.78, 5) is 0. The first kappa shape index (κ1) is 20.1. The maximum Gasteiger partial charge on any atom is 0.0906 e. The minimum absolute atomic E-state index is 0.154. The first-order valence-electron chi connectivity index (χ1n) is 9.18. The Hall–Kier alpha value is -2.25.